The van der Waals surface area contributed by atoms with Crippen LogP contribution in [0.2, 0.25) is 0 Å². The van der Waals surface area contributed by atoms with Crippen LogP contribution in [0.5, 0.6) is 5.75 Å². The maximum absolute atomic E-state index is 10.9. The van der Waals surface area contributed by atoms with Gasteiger partial charge in [-0.05, 0) is 44.0 Å². The van der Waals surface area contributed by atoms with Gasteiger partial charge in [0.2, 0.25) is 5.91 Å². The zero-order valence-corrected chi connectivity index (χ0v) is 12.2. The van der Waals surface area contributed by atoms with E-state index in [1.165, 1.54) is 0 Å². The predicted octanol–water partition coefficient (Wildman–Crippen LogP) is 1.91. The highest BCUT2D eigenvalue weighted by Gasteiger charge is 2.18. The Kier molecular flexibility index (Phi) is 5.87. The van der Waals surface area contributed by atoms with Crippen molar-refractivity contribution in [1.82, 2.24) is 10.2 Å². The van der Waals surface area contributed by atoms with Gasteiger partial charge in [-0.3, -0.25) is 9.69 Å². The molecule has 0 unspecified atom stereocenters. The van der Waals surface area contributed by atoms with Gasteiger partial charge in [0.05, 0.1) is 0 Å². The van der Waals surface area contributed by atoms with Crippen LogP contribution in [0.25, 0.3) is 0 Å². The van der Waals surface area contributed by atoms with Crippen LogP contribution in [0, 0.1) is 5.92 Å². The highest BCUT2D eigenvalue weighted by molar-refractivity contribution is 5.72. The first-order chi connectivity index (χ1) is 9.74. The molecule has 1 N–H and O–H groups in total. The summed E-state index contributed by atoms with van der Waals surface area (Å²) in [5.74, 6) is 1.64. The van der Waals surface area contributed by atoms with Crippen LogP contribution >= 0.6 is 0 Å². The van der Waals surface area contributed by atoms with Crippen LogP contribution in [0.1, 0.15) is 19.8 Å². The minimum Gasteiger partial charge on any atom is -0.492 e. The molecular weight excluding hydrogens is 252 g/mol. The fourth-order valence-corrected chi connectivity index (χ4v) is 2.51. The van der Waals surface area contributed by atoms with E-state index in [0.717, 1.165) is 51.4 Å². The van der Waals surface area contributed by atoms with Crippen molar-refractivity contribution < 1.29 is 9.53 Å². The third-order valence-electron chi connectivity index (χ3n) is 3.77. The van der Waals surface area contributed by atoms with Gasteiger partial charge in [0.1, 0.15) is 12.4 Å². The summed E-state index contributed by atoms with van der Waals surface area (Å²) in [6, 6.07) is 9.94. The lowest BCUT2D eigenvalue weighted by Crippen LogP contribution is -2.39. The molecule has 0 bridgehead atoms. The van der Waals surface area contributed by atoms with Crippen molar-refractivity contribution in [2.45, 2.75) is 19.8 Å². The largest absolute Gasteiger partial charge is 0.492 e. The van der Waals surface area contributed by atoms with Gasteiger partial charge in [-0.15, -0.1) is 0 Å². The van der Waals surface area contributed by atoms with Crippen LogP contribution in [0.4, 0.5) is 0 Å². The molecule has 1 aromatic rings. The second-order valence-electron chi connectivity index (χ2n) is 5.38. The number of nitrogens with one attached hydrogen (secondary N) is 1. The standard InChI is InChI=1S/C16H24N2O2/c1-14(19)17-13-15-7-9-18(10-8-15)11-12-20-16-5-3-2-4-6-16/h2-6,15H,7-13H2,1H3,(H,17,19). The molecular formula is C16H24N2O2. The van der Waals surface area contributed by atoms with Crippen LogP contribution in [-0.2, 0) is 4.79 Å². The fourth-order valence-electron chi connectivity index (χ4n) is 2.51. The topological polar surface area (TPSA) is 41.6 Å². The summed E-state index contributed by atoms with van der Waals surface area (Å²) >= 11 is 0. The number of carbonyl (C=O) groups excluding carboxylic acids is 1. The molecule has 4 heteroatoms. The number of ether oxygens (including phenoxy) is 1. The Morgan fingerprint density at radius 3 is 2.65 bits per heavy atom. The lowest BCUT2D eigenvalue weighted by Gasteiger charge is -2.31. The van der Waals surface area contributed by atoms with Gasteiger partial charge >= 0.3 is 0 Å². The van der Waals surface area contributed by atoms with Crippen LogP contribution in [0.15, 0.2) is 30.3 Å². The van der Waals surface area contributed by atoms with Crippen LogP contribution in [-0.4, -0.2) is 43.6 Å². The lowest BCUT2D eigenvalue weighted by atomic mass is 9.97. The first kappa shape index (κ1) is 14.9. The molecule has 0 saturated carbocycles. The molecule has 1 amide bonds. The van der Waals surface area contributed by atoms with Crippen molar-refractivity contribution >= 4 is 5.91 Å². The monoisotopic (exact) mass is 276 g/mol. The van der Waals surface area contributed by atoms with Gasteiger partial charge in [-0.25, -0.2) is 0 Å². The van der Waals surface area contributed by atoms with E-state index in [9.17, 15) is 4.79 Å². The zero-order valence-electron chi connectivity index (χ0n) is 12.2. The number of piperidine rings is 1. The number of amides is 1. The van der Waals surface area contributed by atoms with Crippen molar-refractivity contribution in [3.05, 3.63) is 30.3 Å². The number of carbonyl (C=O) groups is 1. The van der Waals surface area contributed by atoms with Crippen molar-refractivity contribution in [2.24, 2.45) is 5.92 Å². The molecule has 1 heterocycles. The van der Waals surface area contributed by atoms with Gasteiger partial charge in [0, 0.05) is 20.0 Å². The Morgan fingerprint density at radius 2 is 2.00 bits per heavy atom. The number of hydrogen-bond acceptors (Lipinski definition) is 3. The molecule has 1 aliphatic rings. The minimum atomic E-state index is 0.0729. The predicted molar refractivity (Wildman–Crippen MR) is 79.8 cm³/mol. The van der Waals surface area contributed by atoms with Crippen molar-refractivity contribution in [1.29, 1.82) is 0 Å². The molecule has 0 aliphatic carbocycles. The number of nitrogens with zero attached hydrogens (tertiary/aromatic N) is 1. The average Bonchev–Trinajstić information content (AvgIpc) is 2.47. The summed E-state index contributed by atoms with van der Waals surface area (Å²) in [6.45, 7) is 6.31. The van der Waals surface area contributed by atoms with E-state index >= 15 is 0 Å². The summed E-state index contributed by atoms with van der Waals surface area (Å²) in [5, 5.41) is 2.91. The maximum atomic E-state index is 10.9. The molecule has 20 heavy (non-hydrogen) atoms. The number of rotatable bonds is 6. The van der Waals surface area contributed by atoms with Gasteiger partial charge in [0.15, 0.2) is 0 Å². The normalized spacial score (nSPS) is 16.9. The molecule has 1 aliphatic heterocycles. The third-order valence-corrected chi connectivity index (χ3v) is 3.77. The molecule has 0 radical (unpaired) electrons. The second kappa shape index (κ2) is 7.90. The molecule has 0 atom stereocenters. The van der Waals surface area contributed by atoms with E-state index < -0.39 is 0 Å². The molecule has 0 spiro atoms. The van der Waals surface area contributed by atoms with E-state index in [4.69, 9.17) is 4.74 Å². The first-order valence-electron chi connectivity index (χ1n) is 7.38. The second-order valence-corrected chi connectivity index (χ2v) is 5.38. The Labute approximate surface area is 121 Å². The molecule has 2 rings (SSSR count). The van der Waals surface area contributed by atoms with Gasteiger partial charge in [-0.1, -0.05) is 18.2 Å². The maximum Gasteiger partial charge on any atom is 0.216 e. The minimum absolute atomic E-state index is 0.0729. The lowest BCUT2D eigenvalue weighted by molar-refractivity contribution is -0.119. The van der Waals surface area contributed by atoms with Crippen LogP contribution in [0.3, 0.4) is 0 Å². The summed E-state index contributed by atoms with van der Waals surface area (Å²) < 4.78 is 5.72. The van der Waals surface area contributed by atoms with Crippen molar-refractivity contribution in [3.8, 4) is 5.75 Å². The Hall–Kier alpha value is -1.55. The number of hydrogen-bond donors (Lipinski definition) is 1. The molecule has 1 fully saturated rings. The number of likely N-dealkylation sites (tertiary alicyclic amines) is 1. The fraction of sp³-hybridized carbons (Fsp3) is 0.562. The van der Waals surface area contributed by atoms with Gasteiger partial charge < -0.3 is 10.1 Å². The highest BCUT2D eigenvalue weighted by Crippen LogP contribution is 2.16. The average molecular weight is 276 g/mol. The van der Waals surface area contributed by atoms with Crippen LogP contribution < -0.4 is 10.1 Å². The van der Waals surface area contributed by atoms with E-state index in [-0.39, 0.29) is 5.91 Å². The summed E-state index contributed by atoms with van der Waals surface area (Å²) in [4.78, 5) is 13.3. The van der Waals surface area contributed by atoms with Gasteiger partial charge in [-0.2, -0.15) is 0 Å². The molecule has 110 valence electrons. The SMILES string of the molecule is CC(=O)NCC1CCN(CCOc2ccccc2)CC1. The summed E-state index contributed by atoms with van der Waals surface area (Å²) in [5.41, 5.74) is 0. The molecule has 0 aromatic heterocycles. The Morgan fingerprint density at radius 1 is 1.30 bits per heavy atom. The smallest absolute Gasteiger partial charge is 0.216 e. The Balaban J connectivity index is 1.59. The number of para-hydroxylation sites is 1. The van der Waals surface area contributed by atoms with E-state index in [1.54, 1.807) is 6.92 Å². The third kappa shape index (κ3) is 5.21. The molecule has 4 nitrogen and oxygen atoms in total. The van der Waals surface area contributed by atoms with E-state index in [1.807, 2.05) is 30.3 Å². The van der Waals surface area contributed by atoms with Gasteiger partial charge in [0.25, 0.3) is 0 Å². The molecule has 1 saturated heterocycles. The molecule has 1 aromatic carbocycles. The Bertz CT molecular complexity index is 400. The summed E-state index contributed by atoms with van der Waals surface area (Å²) in [7, 11) is 0. The first-order valence-corrected chi connectivity index (χ1v) is 7.38. The van der Waals surface area contributed by atoms with Crippen molar-refractivity contribution in [3.63, 3.8) is 0 Å². The van der Waals surface area contributed by atoms with Crippen molar-refractivity contribution in [2.75, 3.05) is 32.8 Å². The number of benzene rings is 1. The summed E-state index contributed by atoms with van der Waals surface area (Å²) in [6.07, 6.45) is 2.32. The zero-order chi connectivity index (χ0) is 14.2. The highest BCUT2D eigenvalue weighted by atomic mass is 16.5. The quantitative estimate of drug-likeness (QED) is 0.863. The van der Waals surface area contributed by atoms with E-state index in [2.05, 4.69) is 10.2 Å². The van der Waals surface area contributed by atoms with E-state index in [0.29, 0.717) is 5.92 Å².